The zero-order valence-corrected chi connectivity index (χ0v) is 11.0. The molecule has 2 nitrogen and oxygen atoms in total. The quantitative estimate of drug-likeness (QED) is 0.792. The van der Waals surface area contributed by atoms with E-state index in [2.05, 4.69) is 55.4 Å². The van der Waals surface area contributed by atoms with Gasteiger partial charge in [0.2, 0.25) is 0 Å². The molecule has 1 N–H and O–H groups in total. The number of benzene rings is 1. The predicted octanol–water partition coefficient (Wildman–Crippen LogP) is 3.03. The lowest BCUT2D eigenvalue weighted by molar-refractivity contribution is 0.591. The summed E-state index contributed by atoms with van der Waals surface area (Å²) in [5.74, 6) is 0. The third kappa shape index (κ3) is 3.24. The summed E-state index contributed by atoms with van der Waals surface area (Å²) in [5.41, 5.74) is 2.65. The number of nitrogens with one attached hydrogen (secondary N) is 1. The van der Waals surface area contributed by atoms with Gasteiger partial charge < -0.3 is 10.2 Å². The Labute approximate surface area is 99.7 Å². The highest BCUT2D eigenvalue weighted by molar-refractivity contribution is 5.47. The van der Waals surface area contributed by atoms with Gasteiger partial charge in [-0.1, -0.05) is 26.0 Å². The molecule has 2 heteroatoms. The minimum absolute atomic E-state index is 0.648. The van der Waals surface area contributed by atoms with Crippen LogP contribution in [0.5, 0.6) is 0 Å². The lowest BCUT2D eigenvalue weighted by Gasteiger charge is -2.28. The molecule has 0 fully saturated rings. The molecule has 1 rings (SSSR count). The van der Waals surface area contributed by atoms with E-state index < -0.39 is 0 Å². The van der Waals surface area contributed by atoms with Crippen LogP contribution in [0, 0.1) is 0 Å². The lowest BCUT2D eigenvalue weighted by atomic mass is 10.1. The second kappa shape index (κ2) is 6.54. The molecule has 0 spiro atoms. The molecule has 0 unspecified atom stereocenters. The van der Waals surface area contributed by atoms with E-state index in [1.165, 1.54) is 24.1 Å². The van der Waals surface area contributed by atoms with Crippen LogP contribution in [0.25, 0.3) is 0 Å². The Bertz CT molecular complexity index is 288. The molecular formula is C14H24N2. The second-order valence-electron chi connectivity index (χ2n) is 4.28. The summed E-state index contributed by atoms with van der Waals surface area (Å²) < 4.78 is 0. The Balaban J connectivity index is 2.72. The fourth-order valence-electron chi connectivity index (χ4n) is 2.10. The van der Waals surface area contributed by atoms with E-state index in [-0.39, 0.29) is 0 Å². The van der Waals surface area contributed by atoms with Crippen molar-refractivity contribution in [3.05, 3.63) is 29.8 Å². The Morgan fingerprint density at radius 1 is 1.12 bits per heavy atom. The molecule has 0 aliphatic rings. The molecule has 0 saturated heterocycles. The van der Waals surface area contributed by atoms with Gasteiger partial charge in [0.1, 0.15) is 0 Å². The summed E-state index contributed by atoms with van der Waals surface area (Å²) in [6, 6.07) is 9.47. The molecule has 0 heterocycles. The number of nitrogens with zero attached hydrogens (tertiary/aromatic N) is 1. The fourth-order valence-corrected chi connectivity index (χ4v) is 2.10. The second-order valence-corrected chi connectivity index (χ2v) is 4.28. The summed E-state index contributed by atoms with van der Waals surface area (Å²) in [4.78, 5) is 2.38. The van der Waals surface area contributed by atoms with Crippen molar-refractivity contribution in [3.63, 3.8) is 0 Å². The largest absolute Gasteiger partial charge is 0.372 e. The van der Waals surface area contributed by atoms with Crippen LogP contribution in [-0.2, 0) is 6.54 Å². The molecule has 0 atom stereocenters. The smallest absolute Gasteiger partial charge is 0.0366 e. The molecule has 0 bridgehead atoms. The fraction of sp³-hybridized carbons (Fsp3) is 0.571. The van der Waals surface area contributed by atoms with Crippen molar-refractivity contribution in [2.24, 2.45) is 0 Å². The maximum absolute atomic E-state index is 3.16. The highest BCUT2D eigenvalue weighted by Gasteiger charge is 2.10. The number of rotatable bonds is 6. The van der Waals surface area contributed by atoms with Crippen LogP contribution < -0.4 is 10.2 Å². The minimum Gasteiger partial charge on any atom is -0.372 e. The van der Waals surface area contributed by atoms with Gasteiger partial charge in [-0.2, -0.15) is 0 Å². The Morgan fingerprint density at radius 2 is 1.69 bits per heavy atom. The van der Waals surface area contributed by atoms with E-state index >= 15 is 0 Å². The van der Waals surface area contributed by atoms with Gasteiger partial charge in [0.05, 0.1) is 0 Å². The van der Waals surface area contributed by atoms with Gasteiger partial charge >= 0.3 is 0 Å². The van der Waals surface area contributed by atoms with Crippen LogP contribution in [0.3, 0.4) is 0 Å². The highest BCUT2D eigenvalue weighted by atomic mass is 15.1. The minimum atomic E-state index is 0.648. The van der Waals surface area contributed by atoms with Crippen LogP contribution in [0.1, 0.15) is 32.3 Å². The molecule has 0 aliphatic heterocycles. The topological polar surface area (TPSA) is 15.3 Å². The van der Waals surface area contributed by atoms with Gasteiger partial charge in [0.15, 0.2) is 0 Å². The summed E-state index contributed by atoms with van der Waals surface area (Å²) in [7, 11) is 4.16. The number of hydrogen-bond acceptors (Lipinski definition) is 2. The van der Waals surface area contributed by atoms with Crippen molar-refractivity contribution < 1.29 is 0 Å². The number of hydrogen-bond donors (Lipinski definition) is 1. The zero-order valence-electron chi connectivity index (χ0n) is 11.0. The van der Waals surface area contributed by atoms with Crippen LogP contribution >= 0.6 is 0 Å². The third-order valence-corrected chi connectivity index (χ3v) is 3.21. The summed E-state index contributed by atoms with van der Waals surface area (Å²) in [5, 5.41) is 3.16. The van der Waals surface area contributed by atoms with Crippen LogP contribution in [0.4, 0.5) is 5.69 Å². The molecule has 0 radical (unpaired) electrons. The first-order valence-electron chi connectivity index (χ1n) is 6.19. The molecule has 16 heavy (non-hydrogen) atoms. The standard InChI is InChI=1S/C14H24N2/c1-5-13(6-2)16(4)14-9-7-12(8-10-14)11-15-3/h7-10,13,15H,5-6,11H2,1-4H3. The first kappa shape index (κ1) is 13.0. The average Bonchev–Trinajstić information content (AvgIpc) is 2.32. The maximum Gasteiger partial charge on any atom is 0.0366 e. The molecule has 90 valence electrons. The van der Waals surface area contributed by atoms with Gasteiger partial charge in [0.25, 0.3) is 0 Å². The zero-order chi connectivity index (χ0) is 12.0. The van der Waals surface area contributed by atoms with Gasteiger partial charge in [-0.15, -0.1) is 0 Å². The Morgan fingerprint density at radius 3 is 2.12 bits per heavy atom. The summed E-state index contributed by atoms with van der Waals surface area (Å²) in [6.07, 6.45) is 2.40. The summed E-state index contributed by atoms with van der Waals surface area (Å²) >= 11 is 0. The van der Waals surface area contributed by atoms with Crippen LogP contribution in [0.2, 0.25) is 0 Å². The Hall–Kier alpha value is -1.02. The molecule has 0 aromatic heterocycles. The van der Waals surface area contributed by atoms with Crippen molar-refractivity contribution in [3.8, 4) is 0 Å². The van der Waals surface area contributed by atoms with E-state index in [1.54, 1.807) is 0 Å². The van der Waals surface area contributed by atoms with E-state index in [0.29, 0.717) is 6.04 Å². The Kier molecular flexibility index (Phi) is 5.33. The lowest BCUT2D eigenvalue weighted by Crippen LogP contribution is -2.30. The molecule has 1 aromatic rings. The highest BCUT2D eigenvalue weighted by Crippen LogP contribution is 2.19. The number of anilines is 1. The normalized spacial score (nSPS) is 10.8. The summed E-state index contributed by atoms with van der Waals surface area (Å²) in [6.45, 7) is 5.44. The maximum atomic E-state index is 3.16. The van der Waals surface area contributed by atoms with E-state index in [4.69, 9.17) is 0 Å². The molecular weight excluding hydrogens is 196 g/mol. The van der Waals surface area contributed by atoms with Crippen LogP contribution in [-0.4, -0.2) is 20.1 Å². The molecule has 1 aromatic carbocycles. The molecule has 0 saturated carbocycles. The van der Waals surface area contributed by atoms with Gasteiger partial charge in [-0.3, -0.25) is 0 Å². The van der Waals surface area contributed by atoms with E-state index in [1.807, 2.05) is 7.05 Å². The van der Waals surface area contributed by atoms with Crippen molar-refractivity contribution in [1.82, 2.24) is 5.32 Å². The van der Waals surface area contributed by atoms with E-state index in [9.17, 15) is 0 Å². The molecule has 0 aliphatic carbocycles. The first-order chi connectivity index (χ1) is 7.72. The van der Waals surface area contributed by atoms with Gasteiger partial charge in [-0.25, -0.2) is 0 Å². The third-order valence-electron chi connectivity index (χ3n) is 3.21. The monoisotopic (exact) mass is 220 g/mol. The predicted molar refractivity (Wildman–Crippen MR) is 72.0 cm³/mol. The van der Waals surface area contributed by atoms with E-state index in [0.717, 1.165) is 6.54 Å². The molecule has 0 amide bonds. The van der Waals surface area contributed by atoms with Gasteiger partial charge in [0, 0.05) is 25.3 Å². The van der Waals surface area contributed by atoms with Gasteiger partial charge in [-0.05, 0) is 37.6 Å². The van der Waals surface area contributed by atoms with Crippen LogP contribution in [0.15, 0.2) is 24.3 Å². The van der Waals surface area contributed by atoms with Crippen molar-refractivity contribution in [2.45, 2.75) is 39.3 Å². The van der Waals surface area contributed by atoms with Crippen molar-refractivity contribution >= 4 is 5.69 Å². The first-order valence-corrected chi connectivity index (χ1v) is 6.19. The SMILES string of the molecule is CCC(CC)N(C)c1ccc(CNC)cc1. The average molecular weight is 220 g/mol. The van der Waals surface area contributed by atoms with Crippen molar-refractivity contribution in [2.75, 3.05) is 19.0 Å². The van der Waals surface area contributed by atoms with Crippen molar-refractivity contribution in [1.29, 1.82) is 0 Å².